The van der Waals surface area contributed by atoms with Gasteiger partial charge in [-0.25, -0.2) is 9.78 Å². The van der Waals surface area contributed by atoms with Crippen molar-refractivity contribution in [2.75, 3.05) is 20.3 Å². The summed E-state index contributed by atoms with van der Waals surface area (Å²) in [6.45, 7) is 9.75. The number of carboxylic acid groups (broad SMARTS) is 1. The van der Waals surface area contributed by atoms with Gasteiger partial charge < -0.3 is 19.1 Å². The highest BCUT2D eigenvalue weighted by Gasteiger charge is 2.40. The van der Waals surface area contributed by atoms with E-state index in [0.717, 1.165) is 42.0 Å². The molecule has 7 nitrogen and oxygen atoms in total. The van der Waals surface area contributed by atoms with Crippen LogP contribution in [-0.4, -0.2) is 41.0 Å². The van der Waals surface area contributed by atoms with Crippen LogP contribution in [0.25, 0.3) is 11.4 Å². The summed E-state index contributed by atoms with van der Waals surface area (Å²) in [6, 6.07) is 3.50. The number of carboxylic acids is 1. The van der Waals surface area contributed by atoms with Crippen molar-refractivity contribution in [3.05, 3.63) is 45.4 Å². The summed E-state index contributed by atoms with van der Waals surface area (Å²) in [5, 5.41) is 9.55. The van der Waals surface area contributed by atoms with Gasteiger partial charge in [0.2, 0.25) is 0 Å². The van der Waals surface area contributed by atoms with E-state index in [1.54, 1.807) is 7.11 Å². The van der Waals surface area contributed by atoms with E-state index in [-0.39, 0.29) is 22.9 Å². The molecule has 1 aliphatic carbocycles. The van der Waals surface area contributed by atoms with Gasteiger partial charge in [-0.1, -0.05) is 27.7 Å². The molecule has 0 aromatic carbocycles. The zero-order valence-electron chi connectivity index (χ0n) is 19.5. The summed E-state index contributed by atoms with van der Waals surface area (Å²) < 4.78 is 13.2. The molecule has 0 amide bonds. The van der Waals surface area contributed by atoms with E-state index in [0.29, 0.717) is 24.8 Å². The smallest absolute Gasteiger partial charge is 0.341 e. The molecule has 2 aromatic heterocycles. The second kappa shape index (κ2) is 8.35. The number of fused-ring (bicyclic) bond motifs is 3. The monoisotopic (exact) mass is 440 g/mol. The molecule has 3 heterocycles. The fourth-order valence-corrected chi connectivity index (χ4v) is 4.93. The first-order valence-corrected chi connectivity index (χ1v) is 11.3. The van der Waals surface area contributed by atoms with E-state index < -0.39 is 11.4 Å². The maximum atomic E-state index is 12.6. The summed E-state index contributed by atoms with van der Waals surface area (Å²) in [4.78, 5) is 29.3. The molecule has 0 saturated heterocycles. The van der Waals surface area contributed by atoms with Gasteiger partial charge in [0.1, 0.15) is 11.3 Å². The lowest BCUT2D eigenvalue weighted by atomic mass is 9.73. The van der Waals surface area contributed by atoms with E-state index in [1.807, 2.05) is 4.57 Å². The van der Waals surface area contributed by atoms with E-state index in [4.69, 9.17) is 14.5 Å². The standard InChI is InChI=1S/C25H32N2O5/c1-14-16-11-20(32-10-6-9-31-5)21(15-7-8-15)26-22(16)18-12-19(28)17(24(29)30)13-27(18)23(14)25(2,3)4/h11-15,23H,6-10H2,1-5H3,(H,29,30). The molecule has 1 N–H and O–H groups in total. The van der Waals surface area contributed by atoms with E-state index in [2.05, 4.69) is 33.8 Å². The Labute approximate surface area is 188 Å². The first-order chi connectivity index (χ1) is 15.1. The SMILES string of the molecule is COCCCOc1cc2c(nc1C1CC1)-c1cc(=O)c(C(=O)O)cn1C(C(C)(C)C)C2C. The van der Waals surface area contributed by atoms with Crippen molar-refractivity contribution in [2.45, 2.75) is 64.8 Å². The number of ether oxygens (including phenoxy) is 2. The van der Waals surface area contributed by atoms with Gasteiger partial charge in [0.25, 0.3) is 0 Å². The van der Waals surface area contributed by atoms with Crippen LogP contribution in [-0.2, 0) is 4.74 Å². The molecule has 7 heteroatoms. The highest BCUT2D eigenvalue weighted by molar-refractivity contribution is 5.87. The Hall–Kier alpha value is -2.67. The van der Waals surface area contributed by atoms with E-state index in [1.165, 1.54) is 12.3 Å². The zero-order chi connectivity index (χ0) is 23.2. The Balaban J connectivity index is 1.89. The minimum absolute atomic E-state index is 0.0429. The second-order valence-electron chi connectivity index (χ2n) is 10.0. The first kappa shape index (κ1) is 22.5. The Bertz CT molecular complexity index is 1090. The van der Waals surface area contributed by atoms with Crippen LogP contribution in [0.3, 0.4) is 0 Å². The number of carbonyl (C=O) groups is 1. The van der Waals surface area contributed by atoms with Gasteiger partial charge in [-0.05, 0) is 29.9 Å². The zero-order valence-corrected chi connectivity index (χ0v) is 19.5. The van der Waals surface area contributed by atoms with Gasteiger partial charge in [0.15, 0.2) is 5.43 Å². The van der Waals surface area contributed by atoms with Crippen molar-refractivity contribution in [3.8, 4) is 17.1 Å². The molecule has 0 radical (unpaired) electrons. The molecule has 172 valence electrons. The van der Waals surface area contributed by atoms with Gasteiger partial charge >= 0.3 is 5.97 Å². The largest absolute Gasteiger partial charge is 0.492 e. The lowest BCUT2D eigenvalue weighted by Gasteiger charge is -2.43. The Morgan fingerprint density at radius 3 is 2.56 bits per heavy atom. The van der Waals surface area contributed by atoms with Crippen LogP contribution >= 0.6 is 0 Å². The van der Waals surface area contributed by atoms with E-state index in [9.17, 15) is 14.7 Å². The van der Waals surface area contributed by atoms with Crippen molar-refractivity contribution in [1.82, 2.24) is 9.55 Å². The van der Waals surface area contributed by atoms with Crippen molar-refractivity contribution in [3.63, 3.8) is 0 Å². The fraction of sp³-hybridized carbons (Fsp3) is 0.560. The molecule has 1 fully saturated rings. The predicted molar refractivity (Wildman–Crippen MR) is 122 cm³/mol. The predicted octanol–water partition coefficient (Wildman–Crippen LogP) is 4.61. The van der Waals surface area contributed by atoms with Gasteiger partial charge in [-0.15, -0.1) is 0 Å². The van der Waals surface area contributed by atoms with Gasteiger partial charge in [0, 0.05) is 50.3 Å². The summed E-state index contributed by atoms with van der Waals surface area (Å²) >= 11 is 0. The summed E-state index contributed by atoms with van der Waals surface area (Å²) in [6.07, 6.45) is 4.45. The van der Waals surface area contributed by atoms with Crippen LogP contribution in [0.2, 0.25) is 0 Å². The second-order valence-corrected chi connectivity index (χ2v) is 10.0. The number of aromatic carboxylic acids is 1. The molecule has 2 aromatic rings. The molecule has 32 heavy (non-hydrogen) atoms. The van der Waals surface area contributed by atoms with Gasteiger partial charge in [0.05, 0.1) is 23.7 Å². The van der Waals surface area contributed by atoms with Crippen molar-refractivity contribution < 1.29 is 19.4 Å². The van der Waals surface area contributed by atoms with Crippen LogP contribution in [0.4, 0.5) is 0 Å². The normalized spacial score (nSPS) is 19.9. The molecule has 2 aliphatic rings. The lowest BCUT2D eigenvalue weighted by molar-refractivity contribution is 0.0693. The third kappa shape index (κ3) is 4.06. The van der Waals surface area contributed by atoms with Crippen molar-refractivity contribution >= 4 is 5.97 Å². The molecule has 1 aliphatic heterocycles. The third-order valence-electron chi connectivity index (χ3n) is 6.46. The summed E-state index contributed by atoms with van der Waals surface area (Å²) in [5.41, 5.74) is 2.54. The van der Waals surface area contributed by atoms with Crippen LogP contribution in [0.1, 0.15) is 86.5 Å². The van der Waals surface area contributed by atoms with Crippen LogP contribution in [0.15, 0.2) is 23.1 Å². The lowest BCUT2D eigenvalue weighted by Crippen LogP contribution is -2.35. The van der Waals surface area contributed by atoms with Crippen molar-refractivity contribution in [1.29, 1.82) is 0 Å². The van der Waals surface area contributed by atoms with Crippen LogP contribution in [0.5, 0.6) is 5.75 Å². The minimum Gasteiger partial charge on any atom is -0.492 e. The summed E-state index contributed by atoms with van der Waals surface area (Å²) in [5.74, 6) is 0.0400. The minimum atomic E-state index is -1.21. The number of nitrogens with zero attached hydrogens (tertiary/aromatic N) is 2. The van der Waals surface area contributed by atoms with Crippen LogP contribution < -0.4 is 10.2 Å². The average molecular weight is 441 g/mol. The summed E-state index contributed by atoms with van der Waals surface area (Å²) in [7, 11) is 1.68. The molecular weight excluding hydrogens is 408 g/mol. The number of hydrogen-bond donors (Lipinski definition) is 1. The van der Waals surface area contributed by atoms with Gasteiger partial charge in [-0.2, -0.15) is 0 Å². The van der Waals surface area contributed by atoms with Gasteiger partial charge in [-0.3, -0.25) is 4.79 Å². The number of rotatable bonds is 7. The average Bonchev–Trinajstić information content (AvgIpc) is 3.55. The van der Waals surface area contributed by atoms with E-state index >= 15 is 0 Å². The quantitative estimate of drug-likeness (QED) is 0.633. The number of aromatic nitrogens is 2. The maximum absolute atomic E-state index is 12.6. The molecule has 0 bridgehead atoms. The first-order valence-electron chi connectivity index (χ1n) is 11.3. The molecule has 0 spiro atoms. The highest BCUT2D eigenvalue weighted by atomic mass is 16.5. The van der Waals surface area contributed by atoms with Crippen LogP contribution in [0, 0.1) is 5.41 Å². The topological polar surface area (TPSA) is 90.7 Å². The Morgan fingerprint density at radius 2 is 1.97 bits per heavy atom. The molecule has 2 atom stereocenters. The highest BCUT2D eigenvalue weighted by Crippen LogP contribution is 2.52. The Kier molecular flexibility index (Phi) is 5.88. The molecule has 4 rings (SSSR count). The Morgan fingerprint density at radius 1 is 1.25 bits per heavy atom. The third-order valence-corrected chi connectivity index (χ3v) is 6.46. The maximum Gasteiger partial charge on any atom is 0.341 e. The molecule has 2 unspecified atom stereocenters. The van der Waals surface area contributed by atoms with Crippen molar-refractivity contribution in [2.24, 2.45) is 5.41 Å². The molecule has 1 saturated carbocycles. The fourth-order valence-electron chi connectivity index (χ4n) is 4.93. The molecular formula is C25H32N2O5. The number of pyridine rings is 2. The number of methoxy groups -OCH3 is 1. The number of hydrogen-bond acceptors (Lipinski definition) is 5.